The molecule has 3 heterocycles. The summed E-state index contributed by atoms with van der Waals surface area (Å²) in [6.07, 6.45) is 8.52. The van der Waals surface area contributed by atoms with Crippen LogP contribution in [0.3, 0.4) is 0 Å². The van der Waals surface area contributed by atoms with Gasteiger partial charge in [0.25, 0.3) is 0 Å². The largest absolute Gasteiger partial charge is 0.317 e. The number of nitrogens with one attached hydrogen (secondary N) is 1. The highest BCUT2D eigenvalue weighted by Crippen LogP contribution is 2.42. The van der Waals surface area contributed by atoms with E-state index < -0.39 is 0 Å². The molecule has 18 heavy (non-hydrogen) atoms. The van der Waals surface area contributed by atoms with E-state index in [-0.39, 0.29) is 0 Å². The third-order valence-corrected chi connectivity index (χ3v) is 5.56. The minimum absolute atomic E-state index is 0.556. The van der Waals surface area contributed by atoms with Gasteiger partial charge >= 0.3 is 0 Å². The van der Waals surface area contributed by atoms with Crippen LogP contribution in [-0.4, -0.2) is 35.1 Å². The summed E-state index contributed by atoms with van der Waals surface area (Å²) in [5.41, 5.74) is 0. The van der Waals surface area contributed by atoms with Crippen LogP contribution in [0.25, 0.3) is 0 Å². The van der Waals surface area contributed by atoms with Crippen molar-refractivity contribution >= 4 is 11.3 Å². The molecule has 0 aliphatic carbocycles. The quantitative estimate of drug-likeness (QED) is 0.907. The first-order chi connectivity index (χ1) is 8.83. The van der Waals surface area contributed by atoms with E-state index in [0.717, 1.165) is 18.1 Å². The fraction of sp³-hybridized carbons (Fsp3) is 0.786. The average molecular weight is 265 g/mol. The highest BCUT2D eigenvalue weighted by molar-refractivity contribution is 7.09. The summed E-state index contributed by atoms with van der Waals surface area (Å²) in [5.74, 6) is 0. The zero-order valence-electron chi connectivity index (χ0n) is 11.3. The van der Waals surface area contributed by atoms with E-state index in [4.69, 9.17) is 0 Å². The number of hydrogen-bond acceptors (Lipinski definition) is 4. The van der Waals surface area contributed by atoms with Crippen molar-refractivity contribution in [2.45, 2.75) is 63.2 Å². The van der Waals surface area contributed by atoms with Crippen LogP contribution >= 0.6 is 11.3 Å². The SMILES string of the molecule is CCC(c1nccs1)N1C2CCC1CC(NC)C2. The average Bonchev–Trinajstić information content (AvgIpc) is 2.99. The first kappa shape index (κ1) is 12.6. The molecule has 1 N–H and O–H groups in total. The van der Waals surface area contributed by atoms with Crippen LogP contribution in [0.4, 0.5) is 0 Å². The van der Waals surface area contributed by atoms with Crippen molar-refractivity contribution in [3.63, 3.8) is 0 Å². The maximum atomic E-state index is 4.56. The van der Waals surface area contributed by atoms with Gasteiger partial charge in [0.1, 0.15) is 5.01 Å². The first-order valence-electron chi connectivity index (χ1n) is 7.17. The van der Waals surface area contributed by atoms with Crippen molar-refractivity contribution in [2.24, 2.45) is 0 Å². The summed E-state index contributed by atoms with van der Waals surface area (Å²) in [6, 6.07) is 2.83. The second-order valence-corrected chi connectivity index (χ2v) is 6.51. The molecule has 0 radical (unpaired) electrons. The summed E-state index contributed by atoms with van der Waals surface area (Å²) in [4.78, 5) is 7.34. The Morgan fingerprint density at radius 1 is 1.44 bits per heavy atom. The van der Waals surface area contributed by atoms with Gasteiger partial charge < -0.3 is 5.32 Å². The summed E-state index contributed by atoms with van der Waals surface area (Å²) >= 11 is 1.82. The molecule has 3 atom stereocenters. The summed E-state index contributed by atoms with van der Waals surface area (Å²) in [7, 11) is 2.11. The molecule has 1 aromatic heterocycles. The molecule has 1 aromatic rings. The summed E-state index contributed by atoms with van der Waals surface area (Å²) in [6.45, 7) is 2.30. The minimum Gasteiger partial charge on any atom is -0.317 e. The lowest BCUT2D eigenvalue weighted by Gasteiger charge is -2.42. The standard InChI is InChI=1S/C14H23N3S/c1-3-13(14-16-6-7-18-14)17-11-4-5-12(17)9-10(8-11)15-2/h6-7,10-13,15H,3-5,8-9H2,1-2H3. The monoisotopic (exact) mass is 265 g/mol. The molecule has 2 aliphatic heterocycles. The molecule has 0 aromatic carbocycles. The number of hydrogen-bond donors (Lipinski definition) is 1. The van der Waals surface area contributed by atoms with Gasteiger partial charge in [0.2, 0.25) is 0 Å². The van der Waals surface area contributed by atoms with Gasteiger partial charge in [-0.3, -0.25) is 4.90 Å². The van der Waals surface area contributed by atoms with Crippen LogP contribution in [0.5, 0.6) is 0 Å². The number of nitrogens with zero attached hydrogens (tertiary/aromatic N) is 2. The van der Waals surface area contributed by atoms with Crippen molar-refractivity contribution in [3.8, 4) is 0 Å². The molecule has 2 bridgehead atoms. The molecule has 0 spiro atoms. The van der Waals surface area contributed by atoms with Crippen molar-refractivity contribution in [2.75, 3.05) is 7.05 Å². The van der Waals surface area contributed by atoms with Gasteiger partial charge in [0.05, 0.1) is 6.04 Å². The Hall–Kier alpha value is -0.450. The van der Waals surface area contributed by atoms with Crippen molar-refractivity contribution < 1.29 is 0 Å². The van der Waals surface area contributed by atoms with Gasteiger partial charge in [0.15, 0.2) is 0 Å². The Morgan fingerprint density at radius 2 is 2.17 bits per heavy atom. The Kier molecular flexibility index (Phi) is 3.68. The molecule has 2 saturated heterocycles. The van der Waals surface area contributed by atoms with Crippen LogP contribution in [-0.2, 0) is 0 Å². The van der Waals surface area contributed by atoms with Gasteiger partial charge in [0, 0.05) is 29.7 Å². The van der Waals surface area contributed by atoms with Crippen molar-refractivity contribution in [3.05, 3.63) is 16.6 Å². The highest BCUT2D eigenvalue weighted by Gasteiger charge is 2.43. The van der Waals surface area contributed by atoms with Crippen LogP contribution in [0, 0.1) is 0 Å². The Labute approximate surface area is 114 Å². The van der Waals surface area contributed by atoms with E-state index in [1.807, 2.05) is 17.5 Å². The molecule has 3 rings (SSSR count). The van der Waals surface area contributed by atoms with Gasteiger partial charge in [-0.15, -0.1) is 11.3 Å². The lowest BCUT2D eigenvalue weighted by Crippen LogP contribution is -2.49. The fourth-order valence-electron chi connectivity index (χ4n) is 3.87. The van der Waals surface area contributed by atoms with E-state index in [0.29, 0.717) is 6.04 Å². The second-order valence-electron chi connectivity index (χ2n) is 5.58. The Balaban J connectivity index is 1.80. The van der Waals surface area contributed by atoms with Crippen LogP contribution in [0.1, 0.15) is 50.1 Å². The van der Waals surface area contributed by atoms with Gasteiger partial charge in [-0.05, 0) is 39.2 Å². The summed E-state index contributed by atoms with van der Waals surface area (Å²) < 4.78 is 0. The molecule has 0 saturated carbocycles. The molecule has 2 aliphatic rings. The molecule has 3 nitrogen and oxygen atoms in total. The van der Waals surface area contributed by atoms with E-state index in [2.05, 4.69) is 34.6 Å². The molecule has 3 unspecified atom stereocenters. The van der Waals surface area contributed by atoms with Gasteiger partial charge in [-0.25, -0.2) is 4.98 Å². The van der Waals surface area contributed by atoms with Crippen LogP contribution in [0.15, 0.2) is 11.6 Å². The number of aromatic nitrogens is 1. The van der Waals surface area contributed by atoms with Gasteiger partial charge in [-0.2, -0.15) is 0 Å². The Morgan fingerprint density at radius 3 is 2.67 bits per heavy atom. The zero-order valence-corrected chi connectivity index (χ0v) is 12.1. The fourth-order valence-corrected chi connectivity index (χ4v) is 4.70. The molecule has 4 heteroatoms. The lowest BCUT2D eigenvalue weighted by atomic mass is 9.95. The maximum absolute atomic E-state index is 4.56. The third-order valence-electron chi connectivity index (χ3n) is 4.68. The van der Waals surface area contributed by atoms with Crippen LogP contribution in [0.2, 0.25) is 0 Å². The van der Waals surface area contributed by atoms with Crippen molar-refractivity contribution in [1.29, 1.82) is 0 Å². The first-order valence-corrected chi connectivity index (χ1v) is 8.05. The number of piperidine rings is 1. The molecule has 2 fully saturated rings. The third kappa shape index (κ3) is 2.10. The lowest BCUT2D eigenvalue weighted by molar-refractivity contribution is 0.0685. The second kappa shape index (κ2) is 5.27. The van der Waals surface area contributed by atoms with E-state index >= 15 is 0 Å². The zero-order chi connectivity index (χ0) is 12.5. The smallest absolute Gasteiger partial charge is 0.110 e. The van der Waals surface area contributed by atoms with E-state index in [1.165, 1.54) is 37.1 Å². The topological polar surface area (TPSA) is 28.2 Å². The normalized spacial score (nSPS) is 33.8. The van der Waals surface area contributed by atoms with Crippen LogP contribution < -0.4 is 5.32 Å². The number of thiazole rings is 1. The number of fused-ring (bicyclic) bond motifs is 2. The number of rotatable bonds is 4. The molecule has 100 valence electrons. The van der Waals surface area contributed by atoms with E-state index in [1.54, 1.807) is 0 Å². The molecular weight excluding hydrogens is 242 g/mol. The minimum atomic E-state index is 0.556. The summed E-state index contributed by atoms with van der Waals surface area (Å²) in [5, 5.41) is 6.91. The molecule has 0 amide bonds. The Bertz CT molecular complexity index is 364. The predicted molar refractivity (Wildman–Crippen MR) is 75.9 cm³/mol. The maximum Gasteiger partial charge on any atom is 0.110 e. The van der Waals surface area contributed by atoms with E-state index in [9.17, 15) is 0 Å². The molecular formula is C14H23N3S. The van der Waals surface area contributed by atoms with Crippen molar-refractivity contribution in [1.82, 2.24) is 15.2 Å². The highest BCUT2D eigenvalue weighted by atomic mass is 32.1. The predicted octanol–water partition coefficient (Wildman–Crippen LogP) is 2.81. The van der Waals surface area contributed by atoms with Gasteiger partial charge in [-0.1, -0.05) is 6.92 Å².